The molecule has 0 aromatic heterocycles. The van der Waals surface area contributed by atoms with Gasteiger partial charge in [-0.25, -0.2) is 0 Å². The van der Waals surface area contributed by atoms with Crippen molar-refractivity contribution in [1.82, 2.24) is 4.90 Å². The molecule has 19 heavy (non-hydrogen) atoms. The van der Waals surface area contributed by atoms with E-state index in [1.54, 1.807) is 23.7 Å². The minimum Gasteiger partial charge on any atom is -0.469 e. The topological polar surface area (TPSA) is 46.6 Å². The van der Waals surface area contributed by atoms with E-state index in [-0.39, 0.29) is 11.9 Å². The lowest BCUT2D eigenvalue weighted by molar-refractivity contribution is -0.140. The maximum Gasteiger partial charge on any atom is 0.305 e. The molecule has 0 aliphatic rings. The molecule has 0 atom stereocenters. The maximum atomic E-state index is 12.1. The summed E-state index contributed by atoms with van der Waals surface area (Å²) < 4.78 is 4.56. The molecule has 104 valence electrons. The third-order valence-electron chi connectivity index (χ3n) is 2.79. The van der Waals surface area contributed by atoms with E-state index in [4.69, 9.17) is 0 Å². The highest BCUT2D eigenvalue weighted by Crippen LogP contribution is 2.15. The van der Waals surface area contributed by atoms with Gasteiger partial charge < -0.3 is 9.64 Å². The zero-order valence-corrected chi connectivity index (χ0v) is 12.3. The number of amides is 1. The van der Waals surface area contributed by atoms with Gasteiger partial charge in [0.05, 0.1) is 7.11 Å². The summed E-state index contributed by atoms with van der Waals surface area (Å²) in [5.74, 6) is -0.275. The molecule has 0 aliphatic heterocycles. The van der Waals surface area contributed by atoms with Crippen LogP contribution < -0.4 is 0 Å². The fraction of sp³-hybridized carbons (Fsp3) is 0.429. The molecule has 1 aromatic rings. The van der Waals surface area contributed by atoms with Crippen molar-refractivity contribution in [3.8, 4) is 0 Å². The molecule has 1 rings (SSSR count). The Labute approximate surface area is 118 Å². The molecule has 0 unspecified atom stereocenters. The number of ether oxygens (including phenoxy) is 1. The summed E-state index contributed by atoms with van der Waals surface area (Å²) in [7, 11) is 3.10. The molecular weight excluding hydrogens is 262 g/mol. The van der Waals surface area contributed by atoms with Crippen LogP contribution in [0.1, 0.15) is 23.2 Å². The number of benzene rings is 1. The third kappa shape index (κ3) is 4.95. The highest BCUT2D eigenvalue weighted by molar-refractivity contribution is 7.98. The molecule has 0 fully saturated rings. The maximum absolute atomic E-state index is 12.1. The van der Waals surface area contributed by atoms with Crippen LogP contribution in [0.3, 0.4) is 0 Å². The first-order valence-electron chi connectivity index (χ1n) is 6.04. The number of hydrogen-bond donors (Lipinski definition) is 0. The Morgan fingerprint density at radius 3 is 2.42 bits per heavy atom. The summed E-state index contributed by atoms with van der Waals surface area (Å²) in [6.45, 7) is 0.540. The van der Waals surface area contributed by atoms with Crippen LogP contribution in [0.2, 0.25) is 0 Å². The van der Waals surface area contributed by atoms with E-state index in [0.29, 0.717) is 24.9 Å². The first kappa shape index (κ1) is 15.6. The quantitative estimate of drug-likeness (QED) is 0.593. The van der Waals surface area contributed by atoms with E-state index >= 15 is 0 Å². The molecule has 0 N–H and O–H groups in total. The van der Waals surface area contributed by atoms with Gasteiger partial charge in [-0.1, -0.05) is 0 Å². The van der Waals surface area contributed by atoms with Gasteiger partial charge in [-0.3, -0.25) is 9.59 Å². The molecular formula is C14H19NO3S. The van der Waals surface area contributed by atoms with E-state index in [1.807, 2.05) is 30.5 Å². The Hall–Kier alpha value is -1.49. The second-order valence-electron chi connectivity index (χ2n) is 4.13. The number of esters is 1. The van der Waals surface area contributed by atoms with Crippen molar-refractivity contribution in [2.75, 3.05) is 27.0 Å². The van der Waals surface area contributed by atoms with Crippen LogP contribution in [0, 0.1) is 0 Å². The lowest BCUT2D eigenvalue weighted by Crippen LogP contribution is -2.28. The van der Waals surface area contributed by atoms with Crippen LogP contribution >= 0.6 is 11.8 Å². The van der Waals surface area contributed by atoms with Crippen molar-refractivity contribution >= 4 is 23.6 Å². The first-order valence-corrected chi connectivity index (χ1v) is 7.27. The number of rotatable bonds is 6. The monoisotopic (exact) mass is 281 g/mol. The standard InChI is InChI=1S/C14H19NO3S/c1-15(10-4-5-13(16)18-2)14(17)11-6-8-12(19-3)9-7-11/h6-9H,4-5,10H2,1-3H3. The van der Waals surface area contributed by atoms with Gasteiger partial charge in [0.2, 0.25) is 0 Å². The fourth-order valence-electron chi connectivity index (χ4n) is 1.62. The summed E-state index contributed by atoms with van der Waals surface area (Å²) in [5.41, 5.74) is 0.665. The fourth-order valence-corrected chi connectivity index (χ4v) is 2.03. The van der Waals surface area contributed by atoms with E-state index in [2.05, 4.69) is 4.74 Å². The number of hydrogen-bond acceptors (Lipinski definition) is 4. The number of nitrogens with zero attached hydrogens (tertiary/aromatic N) is 1. The second-order valence-corrected chi connectivity index (χ2v) is 5.01. The minimum atomic E-state index is -0.245. The van der Waals surface area contributed by atoms with E-state index in [9.17, 15) is 9.59 Å². The number of methoxy groups -OCH3 is 1. The van der Waals surface area contributed by atoms with Gasteiger partial charge >= 0.3 is 5.97 Å². The highest BCUT2D eigenvalue weighted by atomic mass is 32.2. The summed E-state index contributed by atoms with van der Waals surface area (Å²) in [4.78, 5) is 25.8. The molecule has 1 aromatic carbocycles. The Bertz CT molecular complexity index is 431. The predicted octanol–water partition coefficient (Wildman–Crippen LogP) is 2.43. The highest BCUT2D eigenvalue weighted by Gasteiger charge is 2.11. The van der Waals surface area contributed by atoms with E-state index < -0.39 is 0 Å². The van der Waals surface area contributed by atoms with Gasteiger partial charge in [0.1, 0.15) is 0 Å². The van der Waals surface area contributed by atoms with Crippen LogP contribution in [0.15, 0.2) is 29.2 Å². The summed E-state index contributed by atoms with van der Waals surface area (Å²) in [6.07, 6.45) is 2.94. The molecule has 0 heterocycles. The van der Waals surface area contributed by atoms with Crippen molar-refractivity contribution in [3.05, 3.63) is 29.8 Å². The van der Waals surface area contributed by atoms with Gasteiger partial charge in [-0.05, 0) is 36.9 Å². The van der Waals surface area contributed by atoms with Crippen LogP contribution in [0.5, 0.6) is 0 Å². The molecule has 0 bridgehead atoms. The first-order chi connectivity index (χ1) is 9.08. The molecule has 0 spiro atoms. The van der Waals surface area contributed by atoms with Crippen LogP contribution in [-0.2, 0) is 9.53 Å². The molecule has 4 nitrogen and oxygen atoms in total. The number of carbonyl (C=O) groups excluding carboxylic acids is 2. The minimum absolute atomic E-state index is 0.0301. The van der Waals surface area contributed by atoms with Gasteiger partial charge in [0, 0.05) is 30.5 Å². The Morgan fingerprint density at radius 1 is 1.26 bits per heavy atom. The zero-order valence-electron chi connectivity index (χ0n) is 11.5. The van der Waals surface area contributed by atoms with E-state index in [1.165, 1.54) is 7.11 Å². The summed E-state index contributed by atoms with van der Waals surface area (Å²) in [5, 5.41) is 0. The third-order valence-corrected chi connectivity index (χ3v) is 3.53. The zero-order chi connectivity index (χ0) is 14.3. The Balaban J connectivity index is 2.49. The molecule has 0 aliphatic carbocycles. The van der Waals surface area contributed by atoms with E-state index in [0.717, 1.165) is 4.90 Å². The molecule has 0 saturated heterocycles. The van der Waals surface area contributed by atoms with Gasteiger partial charge in [-0.2, -0.15) is 0 Å². The van der Waals surface area contributed by atoms with Crippen molar-refractivity contribution < 1.29 is 14.3 Å². The average molecular weight is 281 g/mol. The number of carbonyl (C=O) groups is 2. The van der Waals surface area contributed by atoms with Crippen molar-refractivity contribution in [2.45, 2.75) is 17.7 Å². The van der Waals surface area contributed by atoms with Gasteiger partial charge in [0.25, 0.3) is 5.91 Å². The lowest BCUT2D eigenvalue weighted by atomic mass is 10.2. The smallest absolute Gasteiger partial charge is 0.305 e. The van der Waals surface area contributed by atoms with Crippen LogP contribution in [-0.4, -0.2) is 43.7 Å². The lowest BCUT2D eigenvalue weighted by Gasteiger charge is -2.17. The van der Waals surface area contributed by atoms with Crippen molar-refractivity contribution in [1.29, 1.82) is 0 Å². The normalized spacial score (nSPS) is 10.1. The van der Waals surface area contributed by atoms with Crippen molar-refractivity contribution in [2.24, 2.45) is 0 Å². The average Bonchev–Trinajstić information content (AvgIpc) is 2.46. The number of thioether (sulfide) groups is 1. The van der Waals surface area contributed by atoms with Crippen molar-refractivity contribution in [3.63, 3.8) is 0 Å². The Morgan fingerprint density at radius 2 is 1.89 bits per heavy atom. The summed E-state index contributed by atoms with van der Waals surface area (Å²) in [6, 6.07) is 7.51. The molecule has 0 saturated carbocycles. The van der Waals surface area contributed by atoms with Gasteiger partial charge in [-0.15, -0.1) is 11.8 Å². The van der Waals surface area contributed by atoms with Crippen LogP contribution in [0.4, 0.5) is 0 Å². The summed E-state index contributed by atoms with van der Waals surface area (Å²) >= 11 is 1.64. The second kappa shape index (κ2) is 7.84. The molecule has 1 amide bonds. The SMILES string of the molecule is COC(=O)CCCN(C)C(=O)c1ccc(SC)cc1. The van der Waals surface area contributed by atoms with Gasteiger partial charge in [0.15, 0.2) is 0 Å². The molecule has 0 radical (unpaired) electrons. The predicted molar refractivity (Wildman–Crippen MR) is 76.4 cm³/mol. The Kier molecular flexibility index (Phi) is 6.42. The van der Waals surface area contributed by atoms with Crippen LogP contribution in [0.25, 0.3) is 0 Å². The largest absolute Gasteiger partial charge is 0.469 e. The molecule has 5 heteroatoms.